The number of carbonyl (C=O) groups is 1. The van der Waals surface area contributed by atoms with Crippen molar-refractivity contribution in [3.8, 4) is 0 Å². The van der Waals surface area contributed by atoms with Crippen molar-refractivity contribution in [1.29, 1.82) is 0 Å². The Morgan fingerprint density at radius 1 is 1.26 bits per heavy atom. The van der Waals surface area contributed by atoms with E-state index in [1.54, 1.807) is 0 Å². The van der Waals surface area contributed by atoms with Crippen LogP contribution in [0.5, 0.6) is 0 Å². The van der Waals surface area contributed by atoms with Gasteiger partial charge in [0, 0.05) is 19.6 Å². The maximum atomic E-state index is 11.5. The van der Waals surface area contributed by atoms with E-state index in [4.69, 9.17) is 9.47 Å². The summed E-state index contributed by atoms with van der Waals surface area (Å²) in [5, 5.41) is 0. The van der Waals surface area contributed by atoms with Crippen LogP contribution in [0.1, 0.15) is 22.8 Å². The van der Waals surface area contributed by atoms with Crippen molar-refractivity contribution in [2.75, 3.05) is 32.9 Å². The van der Waals surface area contributed by atoms with Gasteiger partial charge in [-0.3, -0.25) is 4.90 Å². The zero-order valence-corrected chi connectivity index (χ0v) is 11.9. The zero-order chi connectivity index (χ0) is 12.8. The Labute approximate surface area is 120 Å². The molecular weight excluding hydrogens is 266 g/mol. The SMILES string of the molecule is CCOC(=O)c1ccc(CN2CCOCC2)cc1.Cl. The molecule has 1 aromatic carbocycles. The summed E-state index contributed by atoms with van der Waals surface area (Å²) in [4.78, 5) is 13.8. The van der Waals surface area contributed by atoms with Crippen LogP contribution in [0.15, 0.2) is 24.3 Å². The lowest BCUT2D eigenvalue weighted by Crippen LogP contribution is -2.35. The summed E-state index contributed by atoms with van der Waals surface area (Å²) in [7, 11) is 0. The summed E-state index contributed by atoms with van der Waals surface area (Å²) in [6, 6.07) is 7.63. The Balaban J connectivity index is 0.00000180. The summed E-state index contributed by atoms with van der Waals surface area (Å²) < 4.78 is 10.3. The van der Waals surface area contributed by atoms with Gasteiger partial charge in [0.1, 0.15) is 0 Å². The number of esters is 1. The van der Waals surface area contributed by atoms with Crippen LogP contribution in [-0.2, 0) is 16.0 Å². The van der Waals surface area contributed by atoms with E-state index in [0.717, 1.165) is 32.8 Å². The molecule has 1 saturated heterocycles. The molecule has 5 heteroatoms. The molecule has 0 unspecified atom stereocenters. The van der Waals surface area contributed by atoms with Crippen LogP contribution in [-0.4, -0.2) is 43.8 Å². The van der Waals surface area contributed by atoms with Crippen LogP contribution in [0.4, 0.5) is 0 Å². The van der Waals surface area contributed by atoms with Crippen molar-refractivity contribution in [3.05, 3.63) is 35.4 Å². The predicted molar refractivity (Wildman–Crippen MR) is 75.7 cm³/mol. The smallest absolute Gasteiger partial charge is 0.338 e. The van der Waals surface area contributed by atoms with Gasteiger partial charge in [-0.1, -0.05) is 12.1 Å². The fourth-order valence-corrected chi connectivity index (χ4v) is 1.98. The minimum atomic E-state index is -0.254. The van der Waals surface area contributed by atoms with Crippen LogP contribution in [0.25, 0.3) is 0 Å². The summed E-state index contributed by atoms with van der Waals surface area (Å²) >= 11 is 0. The van der Waals surface area contributed by atoms with E-state index < -0.39 is 0 Å². The molecule has 0 saturated carbocycles. The van der Waals surface area contributed by atoms with Gasteiger partial charge in [-0.2, -0.15) is 0 Å². The van der Waals surface area contributed by atoms with E-state index in [-0.39, 0.29) is 18.4 Å². The van der Waals surface area contributed by atoms with Gasteiger partial charge in [0.2, 0.25) is 0 Å². The van der Waals surface area contributed by atoms with Gasteiger partial charge in [-0.05, 0) is 24.6 Å². The van der Waals surface area contributed by atoms with Crippen molar-refractivity contribution in [2.45, 2.75) is 13.5 Å². The van der Waals surface area contributed by atoms with Gasteiger partial charge < -0.3 is 9.47 Å². The van der Waals surface area contributed by atoms with Crippen LogP contribution < -0.4 is 0 Å². The average Bonchev–Trinajstić information content (AvgIpc) is 2.41. The molecule has 0 atom stereocenters. The first-order valence-electron chi connectivity index (χ1n) is 6.35. The highest BCUT2D eigenvalue weighted by Gasteiger charge is 2.11. The fourth-order valence-electron chi connectivity index (χ4n) is 1.98. The second kappa shape index (κ2) is 8.15. The quantitative estimate of drug-likeness (QED) is 0.795. The molecule has 1 heterocycles. The first-order chi connectivity index (χ1) is 8.79. The third-order valence-electron chi connectivity index (χ3n) is 2.97. The highest BCUT2D eigenvalue weighted by atomic mass is 35.5. The first kappa shape index (κ1) is 16.0. The molecule has 106 valence electrons. The molecule has 4 nitrogen and oxygen atoms in total. The van der Waals surface area contributed by atoms with Gasteiger partial charge in [-0.15, -0.1) is 12.4 Å². The Morgan fingerprint density at radius 2 is 1.89 bits per heavy atom. The molecule has 0 aliphatic carbocycles. The van der Waals surface area contributed by atoms with Crippen molar-refractivity contribution >= 4 is 18.4 Å². The van der Waals surface area contributed by atoms with E-state index in [1.165, 1.54) is 5.56 Å². The highest BCUT2D eigenvalue weighted by Crippen LogP contribution is 2.10. The minimum Gasteiger partial charge on any atom is -0.462 e. The molecule has 2 rings (SSSR count). The molecule has 0 aromatic heterocycles. The number of benzene rings is 1. The molecule has 1 aliphatic heterocycles. The molecule has 0 bridgehead atoms. The maximum Gasteiger partial charge on any atom is 0.338 e. The van der Waals surface area contributed by atoms with E-state index in [0.29, 0.717) is 12.2 Å². The first-order valence-corrected chi connectivity index (χ1v) is 6.35. The number of carbonyl (C=O) groups excluding carboxylic acids is 1. The Hall–Kier alpha value is -1.10. The summed E-state index contributed by atoms with van der Waals surface area (Å²) in [6.07, 6.45) is 0. The van der Waals surface area contributed by atoms with Gasteiger partial charge >= 0.3 is 5.97 Å². The Morgan fingerprint density at radius 3 is 2.47 bits per heavy atom. The molecule has 0 N–H and O–H groups in total. The van der Waals surface area contributed by atoms with Gasteiger partial charge in [0.15, 0.2) is 0 Å². The topological polar surface area (TPSA) is 38.8 Å². The normalized spacial score (nSPS) is 15.6. The van der Waals surface area contributed by atoms with Crippen molar-refractivity contribution in [2.24, 2.45) is 0 Å². The summed E-state index contributed by atoms with van der Waals surface area (Å²) in [6.45, 7) is 6.69. The molecule has 0 radical (unpaired) electrons. The number of rotatable bonds is 4. The van der Waals surface area contributed by atoms with Crippen molar-refractivity contribution in [1.82, 2.24) is 4.90 Å². The van der Waals surface area contributed by atoms with E-state index in [9.17, 15) is 4.79 Å². The number of morpholine rings is 1. The largest absolute Gasteiger partial charge is 0.462 e. The number of nitrogens with zero attached hydrogens (tertiary/aromatic N) is 1. The Kier molecular flexibility index (Phi) is 6.84. The Bertz CT molecular complexity index is 388. The fraction of sp³-hybridized carbons (Fsp3) is 0.500. The summed E-state index contributed by atoms with van der Waals surface area (Å²) in [5.74, 6) is -0.254. The minimum absolute atomic E-state index is 0. The highest BCUT2D eigenvalue weighted by molar-refractivity contribution is 5.89. The van der Waals surface area contributed by atoms with Crippen molar-refractivity contribution < 1.29 is 14.3 Å². The molecular formula is C14H20ClNO3. The third-order valence-corrected chi connectivity index (χ3v) is 2.97. The maximum absolute atomic E-state index is 11.5. The molecule has 1 aliphatic rings. The second-order valence-electron chi connectivity index (χ2n) is 4.31. The number of hydrogen-bond acceptors (Lipinski definition) is 4. The molecule has 1 fully saturated rings. The average molecular weight is 286 g/mol. The van der Waals surface area contributed by atoms with E-state index >= 15 is 0 Å². The lowest BCUT2D eigenvalue weighted by molar-refractivity contribution is 0.0342. The lowest BCUT2D eigenvalue weighted by atomic mass is 10.1. The van der Waals surface area contributed by atoms with E-state index in [1.807, 2.05) is 31.2 Å². The second-order valence-corrected chi connectivity index (χ2v) is 4.31. The number of hydrogen-bond donors (Lipinski definition) is 0. The number of ether oxygens (including phenoxy) is 2. The number of halogens is 1. The van der Waals surface area contributed by atoms with Gasteiger partial charge in [-0.25, -0.2) is 4.79 Å². The molecule has 19 heavy (non-hydrogen) atoms. The van der Waals surface area contributed by atoms with Crippen molar-refractivity contribution in [3.63, 3.8) is 0 Å². The van der Waals surface area contributed by atoms with Crippen LogP contribution in [0.2, 0.25) is 0 Å². The summed E-state index contributed by atoms with van der Waals surface area (Å²) in [5.41, 5.74) is 1.83. The monoisotopic (exact) mass is 285 g/mol. The van der Waals surface area contributed by atoms with Crippen LogP contribution in [0.3, 0.4) is 0 Å². The standard InChI is InChI=1S/C14H19NO3.ClH/c1-2-18-14(16)13-5-3-12(4-6-13)11-15-7-9-17-10-8-15;/h3-6H,2,7-11H2,1H3;1H. The third kappa shape index (κ3) is 4.82. The van der Waals surface area contributed by atoms with Crippen LogP contribution in [0, 0.1) is 0 Å². The lowest BCUT2D eigenvalue weighted by Gasteiger charge is -2.26. The van der Waals surface area contributed by atoms with Gasteiger partial charge in [0.25, 0.3) is 0 Å². The van der Waals surface area contributed by atoms with E-state index in [2.05, 4.69) is 4.90 Å². The molecule has 1 aromatic rings. The zero-order valence-electron chi connectivity index (χ0n) is 11.1. The molecule has 0 amide bonds. The van der Waals surface area contributed by atoms with Gasteiger partial charge in [0.05, 0.1) is 25.4 Å². The van der Waals surface area contributed by atoms with Crippen LogP contribution >= 0.6 is 12.4 Å². The predicted octanol–water partition coefficient (Wildman–Crippen LogP) is 2.12. The molecule has 0 spiro atoms.